The van der Waals surface area contributed by atoms with Crippen LogP contribution in [0.5, 0.6) is 5.75 Å². The fraction of sp³-hybridized carbons (Fsp3) is 0.316. The summed E-state index contributed by atoms with van der Waals surface area (Å²) in [4.78, 5) is 26.8. The van der Waals surface area contributed by atoms with Gasteiger partial charge in [0.25, 0.3) is 11.6 Å². The number of non-ortho nitro benzene ring substituents is 1. The number of nitro benzene ring substituents is 1. The molecule has 0 radical (unpaired) electrons. The summed E-state index contributed by atoms with van der Waals surface area (Å²) in [5.74, 6) is 0.540. The molecule has 1 saturated heterocycles. The highest BCUT2D eigenvalue weighted by Gasteiger charge is 2.26. The molecular formula is C19H20ClN3O4. The largest absolute Gasteiger partial charge is 0.481 e. The van der Waals surface area contributed by atoms with Crippen molar-refractivity contribution in [2.75, 3.05) is 31.1 Å². The Morgan fingerprint density at radius 1 is 1.07 bits per heavy atom. The van der Waals surface area contributed by atoms with Crippen molar-refractivity contribution in [1.29, 1.82) is 0 Å². The van der Waals surface area contributed by atoms with Gasteiger partial charge in [0.2, 0.25) is 0 Å². The van der Waals surface area contributed by atoms with Gasteiger partial charge < -0.3 is 14.5 Å². The first-order valence-corrected chi connectivity index (χ1v) is 9.02. The molecule has 1 amide bonds. The second-order valence-corrected chi connectivity index (χ2v) is 6.74. The molecule has 3 rings (SSSR count). The summed E-state index contributed by atoms with van der Waals surface area (Å²) in [5, 5.41) is 11.4. The Morgan fingerprint density at radius 2 is 1.67 bits per heavy atom. The highest BCUT2D eigenvalue weighted by molar-refractivity contribution is 6.30. The van der Waals surface area contributed by atoms with Gasteiger partial charge in [-0.05, 0) is 43.3 Å². The highest BCUT2D eigenvalue weighted by Crippen LogP contribution is 2.21. The third kappa shape index (κ3) is 4.68. The van der Waals surface area contributed by atoms with Crippen LogP contribution in [0.15, 0.2) is 48.5 Å². The number of hydrogen-bond acceptors (Lipinski definition) is 5. The number of benzene rings is 2. The predicted molar refractivity (Wildman–Crippen MR) is 103 cm³/mol. The van der Waals surface area contributed by atoms with Crippen molar-refractivity contribution in [3.63, 3.8) is 0 Å². The average molecular weight is 390 g/mol. The molecule has 142 valence electrons. The third-order valence-corrected chi connectivity index (χ3v) is 4.74. The number of amides is 1. The monoisotopic (exact) mass is 389 g/mol. The zero-order valence-electron chi connectivity index (χ0n) is 14.9. The van der Waals surface area contributed by atoms with Gasteiger partial charge in [0.15, 0.2) is 6.10 Å². The molecule has 8 heteroatoms. The highest BCUT2D eigenvalue weighted by atomic mass is 35.5. The molecule has 1 aliphatic heterocycles. The molecule has 0 aromatic heterocycles. The molecular weight excluding hydrogens is 370 g/mol. The van der Waals surface area contributed by atoms with Crippen LogP contribution in [-0.4, -0.2) is 48.0 Å². The summed E-state index contributed by atoms with van der Waals surface area (Å²) < 4.78 is 5.70. The van der Waals surface area contributed by atoms with Gasteiger partial charge >= 0.3 is 0 Å². The van der Waals surface area contributed by atoms with Gasteiger partial charge in [-0.1, -0.05) is 11.6 Å². The summed E-state index contributed by atoms with van der Waals surface area (Å²) in [5.41, 5.74) is 0.985. The lowest BCUT2D eigenvalue weighted by molar-refractivity contribution is -0.384. The van der Waals surface area contributed by atoms with Crippen molar-refractivity contribution < 1.29 is 14.5 Å². The van der Waals surface area contributed by atoms with Crippen LogP contribution in [0.4, 0.5) is 11.4 Å². The fourth-order valence-electron chi connectivity index (χ4n) is 3.00. The van der Waals surface area contributed by atoms with Gasteiger partial charge in [0.05, 0.1) is 4.92 Å². The minimum absolute atomic E-state index is 0.0618. The van der Waals surface area contributed by atoms with E-state index < -0.39 is 11.0 Å². The summed E-state index contributed by atoms with van der Waals surface area (Å²) >= 11 is 5.85. The Bertz CT molecular complexity index is 803. The van der Waals surface area contributed by atoms with E-state index in [2.05, 4.69) is 4.90 Å². The van der Waals surface area contributed by atoms with Crippen LogP contribution >= 0.6 is 11.6 Å². The number of ether oxygens (including phenoxy) is 1. The van der Waals surface area contributed by atoms with Gasteiger partial charge in [-0.15, -0.1) is 0 Å². The Morgan fingerprint density at radius 3 is 2.22 bits per heavy atom. The number of anilines is 1. The normalized spacial score (nSPS) is 15.3. The molecule has 27 heavy (non-hydrogen) atoms. The Balaban J connectivity index is 1.54. The summed E-state index contributed by atoms with van der Waals surface area (Å²) in [6.45, 7) is 4.21. The molecule has 1 fully saturated rings. The zero-order chi connectivity index (χ0) is 19.4. The summed E-state index contributed by atoms with van der Waals surface area (Å²) in [6.07, 6.45) is -0.586. The van der Waals surface area contributed by atoms with Crippen LogP contribution in [0.2, 0.25) is 5.02 Å². The maximum atomic E-state index is 12.6. The van der Waals surface area contributed by atoms with Gasteiger partial charge in [-0.3, -0.25) is 14.9 Å². The van der Waals surface area contributed by atoms with E-state index in [1.54, 1.807) is 48.2 Å². The first-order valence-electron chi connectivity index (χ1n) is 8.64. The van der Waals surface area contributed by atoms with Gasteiger partial charge in [-0.25, -0.2) is 0 Å². The Labute approximate surface area is 162 Å². The van der Waals surface area contributed by atoms with E-state index in [-0.39, 0.29) is 11.6 Å². The molecule has 1 heterocycles. The van der Waals surface area contributed by atoms with Gasteiger partial charge in [-0.2, -0.15) is 0 Å². The predicted octanol–water partition coefficient (Wildman–Crippen LogP) is 3.36. The molecule has 1 aliphatic rings. The molecule has 0 aliphatic carbocycles. The quantitative estimate of drug-likeness (QED) is 0.579. The third-order valence-electron chi connectivity index (χ3n) is 4.49. The topological polar surface area (TPSA) is 75.9 Å². The van der Waals surface area contributed by atoms with Crippen LogP contribution in [0.1, 0.15) is 6.92 Å². The number of nitrogens with zero attached hydrogens (tertiary/aromatic N) is 3. The van der Waals surface area contributed by atoms with E-state index in [9.17, 15) is 14.9 Å². The van der Waals surface area contributed by atoms with E-state index in [1.807, 2.05) is 0 Å². The molecule has 2 aromatic carbocycles. The molecule has 0 N–H and O–H groups in total. The van der Waals surface area contributed by atoms with Crippen molar-refractivity contribution in [2.24, 2.45) is 0 Å². The van der Waals surface area contributed by atoms with Crippen molar-refractivity contribution in [1.82, 2.24) is 4.90 Å². The molecule has 1 unspecified atom stereocenters. The van der Waals surface area contributed by atoms with E-state index in [0.29, 0.717) is 37.0 Å². The lowest BCUT2D eigenvalue weighted by Crippen LogP contribution is -2.52. The van der Waals surface area contributed by atoms with E-state index >= 15 is 0 Å². The molecule has 0 saturated carbocycles. The number of piperazine rings is 1. The fourth-order valence-corrected chi connectivity index (χ4v) is 3.12. The SMILES string of the molecule is CC(Oc1ccc(Cl)cc1)C(=O)N1CCN(c2ccc([N+](=O)[O-])cc2)CC1. The number of carbonyl (C=O) groups excluding carboxylic acids is 1. The number of rotatable bonds is 5. The van der Waals surface area contributed by atoms with Gasteiger partial charge in [0, 0.05) is 49.0 Å². The van der Waals surface area contributed by atoms with E-state index in [1.165, 1.54) is 12.1 Å². The maximum Gasteiger partial charge on any atom is 0.269 e. The maximum absolute atomic E-state index is 12.6. The van der Waals surface area contributed by atoms with E-state index in [4.69, 9.17) is 16.3 Å². The molecule has 1 atom stereocenters. The standard InChI is InChI=1S/C19H20ClN3O4/c1-14(27-18-8-2-15(20)3-9-18)19(24)22-12-10-21(11-13-22)16-4-6-17(7-5-16)23(25)26/h2-9,14H,10-13H2,1H3. The number of hydrogen-bond donors (Lipinski definition) is 0. The molecule has 0 spiro atoms. The second kappa shape index (κ2) is 8.26. The number of nitro groups is 1. The lowest BCUT2D eigenvalue weighted by atomic mass is 10.2. The summed E-state index contributed by atoms with van der Waals surface area (Å²) in [6, 6.07) is 13.4. The van der Waals surface area contributed by atoms with Crippen molar-refractivity contribution >= 4 is 28.9 Å². The number of carbonyl (C=O) groups is 1. The minimum Gasteiger partial charge on any atom is -0.481 e. The van der Waals surface area contributed by atoms with Crippen molar-refractivity contribution in [3.05, 3.63) is 63.7 Å². The number of halogens is 1. The van der Waals surface area contributed by atoms with Crippen molar-refractivity contribution in [2.45, 2.75) is 13.0 Å². The van der Waals surface area contributed by atoms with Crippen LogP contribution in [-0.2, 0) is 4.79 Å². The first kappa shape index (κ1) is 19.0. The first-order chi connectivity index (χ1) is 12.9. The lowest BCUT2D eigenvalue weighted by Gasteiger charge is -2.37. The molecule has 0 bridgehead atoms. The van der Waals surface area contributed by atoms with Crippen LogP contribution in [0.25, 0.3) is 0 Å². The Kier molecular flexibility index (Phi) is 5.81. The molecule has 2 aromatic rings. The smallest absolute Gasteiger partial charge is 0.269 e. The van der Waals surface area contributed by atoms with Crippen LogP contribution < -0.4 is 9.64 Å². The van der Waals surface area contributed by atoms with Gasteiger partial charge in [0.1, 0.15) is 5.75 Å². The Hall–Kier alpha value is -2.80. The minimum atomic E-state index is -0.586. The van der Waals surface area contributed by atoms with Crippen LogP contribution in [0.3, 0.4) is 0 Å². The average Bonchev–Trinajstić information content (AvgIpc) is 2.69. The van der Waals surface area contributed by atoms with Crippen LogP contribution in [0, 0.1) is 10.1 Å². The summed E-state index contributed by atoms with van der Waals surface area (Å²) in [7, 11) is 0. The zero-order valence-corrected chi connectivity index (χ0v) is 15.6. The molecule has 7 nitrogen and oxygen atoms in total. The second-order valence-electron chi connectivity index (χ2n) is 6.30. The van der Waals surface area contributed by atoms with Crippen molar-refractivity contribution in [3.8, 4) is 5.75 Å². The van der Waals surface area contributed by atoms with E-state index in [0.717, 1.165) is 5.69 Å².